The Morgan fingerprint density at radius 3 is 2.38 bits per heavy atom. The van der Waals surface area contributed by atoms with Crippen LogP contribution in [0.15, 0.2) is 10.9 Å². The minimum atomic E-state index is -4.54. The number of aromatic nitrogens is 2. The van der Waals surface area contributed by atoms with Crippen LogP contribution in [0.25, 0.3) is 0 Å². The Hall–Kier alpha value is -1.33. The van der Waals surface area contributed by atoms with Crippen LogP contribution >= 0.6 is 0 Å². The van der Waals surface area contributed by atoms with E-state index < -0.39 is 17.4 Å². The molecule has 6 heteroatoms. The van der Waals surface area contributed by atoms with Gasteiger partial charge in [-0.3, -0.25) is 4.79 Å². The molecule has 1 aromatic rings. The summed E-state index contributed by atoms with van der Waals surface area (Å²) in [5.41, 5.74) is -1.85. The van der Waals surface area contributed by atoms with Crippen LogP contribution in [0.3, 0.4) is 0 Å². The summed E-state index contributed by atoms with van der Waals surface area (Å²) >= 11 is 0. The van der Waals surface area contributed by atoms with Gasteiger partial charge in [0, 0.05) is 12.0 Å². The van der Waals surface area contributed by atoms with Crippen molar-refractivity contribution in [3.05, 3.63) is 27.9 Å². The van der Waals surface area contributed by atoms with E-state index in [0.29, 0.717) is 6.07 Å². The number of halogens is 3. The van der Waals surface area contributed by atoms with Crippen LogP contribution in [0, 0.1) is 0 Å². The van der Waals surface area contributed by atoms with E-state index in [1.54, 1.807) is 0 Å². The molecule has 1 saturated carbocycles. The summed E-state index contributed by atoms with van der Waals surface area (Å²) in [5, 5.41) is 0. The van der Waals surface area contributed by atoms with Crippen molar-refractivity contribution in [1.82, 2.24) is 9.97 Å². The summed E-state index contributed by atoms with van der Waals surface area (Å²) in [7, 11) is 0. The molecule has 0 radical (unpaired) electrons. The van der Waals surface area contributed by atoms with E-state index in [1.165, 1.54) is 0 Å². The molecular weight excluding hydrogens is 221 g/mol. The van der Waals surface area contributed by atoms with Crippen LogP contribution in [0.5, 0.6) is 0 Å². The monoisotopic (exact) mass is 234 g/mol. The predicted octanol–water partition coefficient (Wildman–Crippen LogP) is 2.69. The van der Waals surface area contributed by atoms with Crippen molar-refractivity contribution in [2.75, 3.05) is 0 Å². The van der Waals surface area contributed by atoms with Crippen LogP contribution in [-0.2, 0) is 6.18 Å². The van der Waals surface area contributed by atoms with Crippen molar-refractivity contribution in [1.29, 1.82) is 0 Å². The van der Waals surface area contributed by atoms with Gasteiger partial charge in [-0.1, -0.05) is 13.8 Å². The average Bonchev–Trinajstić information content (AvgIpc) is 3.02. The lowest BCUT2D eigenvalue weighted by atomic mass is 10.3. The molecule has 0 spiro atoms. The second kappa shape index (κ2) is 4.67. The Morgan fingerprint density at radius 1 is 1.38 bits per heavy atom. The molecule has 0 aliphatic heterocycles. The Bertz CT molecular complexity index is 407. The second-order valence-electron chi connectivity index (χ2n) is 3.29. The number of alkyl halides is 3. The van der Waals surface area contributed by atoms with Gasteiger partial charge in [-0.25, -0.2) is 4.98 Å². The SMILES string of the molecule is CC.O=c1cc(C(F)(F)F)nc(C2CC2)[nH]1. The first-order chi connectivity index (χ1) is 7.47. The number of nitrogens with zero attached hydrogens (tertiary/aromatic N) is 1. The molecule has 1 aliphatic rings. The number of hydrogen-bond donors (Lipinski definition) is 1. The third kappa shape index (κ3) is 3.08. The fraction of sp³-hybridized carbons (Fsp3) is 0.600. The zero-order valence-corrected chi connectivity index (χ0v) is 9.06. The van der Waals surface area contributed by atoms with Crippen LogP contribution in [0.1, 0.15) is 44.1 Å². The van der Waals surface area contributed by atoms with Gasteiger partial charge in [-0.05, 0) is 12.8 Å². The smallest absolute Gasteiger partial charge is 0.310 e. The quantitative estimate of drug-likeness (QED) is 0.812. The van der Waals surface area contributed by atoms with Crippen LogP contribution in [0.4, 0.5) is 13.2 Å². The summed E-state index contributed by atoms with van der Waals surface area (Å²) in [6, 6.07) is 0.478. The molecular formula is C10H13F3N2O. The lowest BCUT2D eigenvalue weighted by molar-refractivity contribution is -0.141. The van der Waals surface area contributed by atoms with Gasteiger partial charge in [-0.15, -0.1) is 0 Å². The van der Waals surface area contributed by atoms with Crippen molar-refractivity contribution in [2.45, 2.75) is 38.8 Å². The first-order valence-electron chi connectivity index (χ1n) is 5.15. The number of nitrogens with one attached hydrogen (secondary N) is 1. The van der Waals surface area contributed by atoms with E-state index in [2.05, 4.69) is 9.97 Å². The molecule has 0 amide bonds. The molecule has 0 unspecified atom stereocenters. The minimum absolute atomic E-state index is 0.00463. The largest absolute Gasteiger partial charge is 0.433 e. The van der Waals surface area contributed by atoms with Gasteiger partial charge in [-0.2, -0.15) is 13.2 Å². The van der Waals surface area contributed by atoms with Crippen LogP contribution < -0.4 is 5.56 Å². The number of rotatable bonds is 1. The van der Waals surface area contributed by atoms with E-state index >= 15 is 0 Å². The minimum Gasteiger partial charge on any atom is -0.310 e. The highest BCUT2D eigenvalue weighted by Crippen LogP contribution is 2.38. The molecule has 2 rings (SSSR count). The van der Waals surface area contributed by atoms with Crippen LogP contribution in [0.2, 0.25) is 0 Å². The molecule has 1 N–H and O–H groups in total. The van der Waals surface area contributed by atoms with Gasteiger partial charge < -0.3 is 4.98 Å². The Balaban J connectivity index is 0.000000606. The Morgan fingerprint density at radius 2 is 1.94 bits per heavy atom. The number of aromatic amines is 1. The van der Waals surface area contributed by atoms with Gasteiger partial charge in [0.15, 0.2) is 5.69 Å². The van der Waals surface area contributed by atoms with Gasteiger partial charge in [0.05, 0.1) is 0 Å². The molecule has 16 heavy (non-hydrogen) atoms. The molecule has 0 saturated heterocycles. The van der Waals surface area contributed by atoms with Crippen molar-refractivity contribution in [3.63, 3.8) is 0 Å². The predicted molar refractivity (Wildman–Crippen MR) is 53.2 cm³/mol. The maximum atomic E-state index is 12.2. The highest BCUT2D eigenvalue weighted by molar-refractivity contribution is 5.12. The van der Waals surface area contributed by atoms with Crippen molar-refractivity contribution < 1.29 is 13.2 Å². The van der Waals surface area contributed by atoms with E-state index in [1.807, 2.05) is 13.8 Å². The molecule has 0 aromatic carbocycles. The molecule has 1 heterocycles. The summed E-state index contributed by atoms with van der Waals surface area (Å²) < 4.78 is 36.6. The summed E-state index contributed by atoms with van der Waals surface area (Å²) in [6.45, 7) is 4.00. The van der Waals surface area contributed by atoms with Gasteiger partial charge in [0.25, 0.3) is 5.56 Å². The van der Waals surface area contributed by atoms with E-state index in [9.17, 15) is 18.0 Å². The second-order valence-corrected chi connectivity index (χ2v) is 3.29. The number of H-pyrrole nitrogens is 1. The third-order valence-electron chi connectivity index (χ3n) is 2.01. The van der Waals surface area contributed by atoms with Crippen molar-refractivity contribution >= 4 is 0 Å². The zero-order valence-electron chi connectivity index (χ0n) is 9.06. The zero-order chi connectivity index (χ0) is 12.3. The van der Waals surface area contributed by atoms with E-state index in [-0.39, 0.29) is 11.7 Å². The molecule has 1 fully saturated rings. The Labute approximate surface area is 90.7 Å². The lowest BCUT2D eigenvalue weighted by Crippen LogP contribution is -2.18. The maximum Gasteiger partial charge on any atom is 0.433 e. The summed E-state index contributed by atoms with van der Waals surface area (Å²) in [6.07, 6.45) is -2.95. The molecule has 0 bridgehead atoms. The first kappa shape index (κ1) is 12.7. The van der Waals surface area contributed by atoms with Gasteiger partial charge in [0.1, 0.15) is 5.82 Å². The Kier molecular flexibility index (Phi) is 3.72. The van der Waals surface area contributed by atoms with Crippen LogP contribution in [-0.4, -0.2) is 9.97 Å². The maximum absolute atomic E-state index is 12.2. The standard InChI is InChI=1S/C8H7F3N2O.C2H6/c9-8(10,11)5-3-6(14)13-7(12-5)4-1-2-4;1-2/h3-4H,1-2H2,(H,12,13,14);1-2H3. The third-order valence-corrected chi connectivity index (χ3v) is 2.01. The first-order valence-corrected chi connectivity index (χ1v) is 5.15. The van der Waals surface area contributed by atoms with E-state index in [4.69, 9.17) is 0 Å². The summed E-state index contributed by atoms with van der Waals surface area (Å²) in [4.78, 5) is 16.6. The van der Waals surface area contributed by atoms with Crippen molar-refractivity contribution in [3.8, 4) is 0 Å². The molecule has 1 aliphatic carbocycles. The van der Waals surface area contributed by atoms with Crippen molar-refractivity contribution in [2.24, 2.45) is 0 Å². The highest BCUT2D eigenvalue weighted by atomic mass is 19.4. The number of hydrogen-bond acceptors (Lipinski definition) is 2. The normalized spacial score (nSPS) is 15.3. The summed E-state index contributed by atoms with van der Waals surface area (Å²) in [5.74, 6) is 0.162. The molecule has 90 valence electrons. The fourth-order valence-electron chi connectivity index (χ4n) is 1.17. The average molecular weight is 234 g/mol. The molecule has 3 nitrogen and oxygen atoms in total. The molecule has 1 aromatic heterocycles. The molecule has 0 atom stereocenters. The fourth-order valence-corrected chi connectivity index (χ4v) is 1.17. The van der Waals surface area contributed by atoms with Gasteiger partial charge in [0.2, 0.25) is 0 Å². The van der Waals surface area contributed by atoms with Gasteiger partial charge >= 0.3 is 6.18 Å². The topological polar surface area (TPSA) is 45.8 Å². The lowest BCUT2D eigenvalue weighted by Gasteiger charge is -2.06. The van der Waals surface area contributed by atoms with E-state index in [0.717, 1.165) is 12.8 Å². The highest BCUT2D eigenvalue weighted by Gasteiger charge is 2.35.